The summed E-state index contributed by atoms with van der Waals surface area (Å²) in [5.74, 6) is 0.464. The van der Waals surface area contributed by atoms with Crippen molar-refractivity contribution < 1.29 is 9.53 Å². The number of halogens is 1. The van der Waals surface area contributed by atoms with E-state index in [1.54, 1.807) is 4.90 Å². The van der Waals surface area contributed by atoms with Crippen molar-refractivity contribution in [2.45, 2.75) is 19.4 Å². The number of nitrogens with zero attached hydrogens (tertiary/aromatic N) is 1. The molecule has 4 heteroatoms. The molecule has 1 rings (SSSR count). The van der Waals surface area contributed by atoms with Gasteiger partial charge < -0.3 is 9.64 Å². The van der Waals surface area contributed by atoms with Gasteiger partial charge in [-0.3, -0.25) is 0 Å². The van der Waals surface area contributed by atoms with Crippen molar-refractivity contribution in [3.05, 3.63) is 0 Å². The second-order valence-corrected chi connectivity index (χ2v) is 2.89. The van der Waals surface area contributed by atoms with Crippen molar-refractivity contribution in [3.8, 4) is 0 Å². The van der Waals surface area contributed by atoms with Crippen LogP contribution in [0.4, 0.5) is 4.79 Å². The number of hydrogen-bond donors (Lipinski definition) is 0. The van der Waals surface area contributed by atoms with Gasteiger partial charge in [-0.1, -0.05) is 6.92 Å². The molecule has 1 aliphatic heterocycles. The standard InChI is InChI=1S/C7H12ClNO2/c1-2-3-9-6(4-8)5-11-7(9)10/h6H,2-5H2,1H3. The number of carbonyl (C=O) groups is 1. The second kappa shape index (κ2) is 3.81. The maximum Gasteiger partial charge on any atom is 0.410 e. The SMILES string of the molecule is CCCN1C(=O)OCC1CCl. The molecule has 1 aliphatic rings. The molecule has 11 heavy (non-hydrogen) atoms. The molecular weight excluding hydrogens is 166 g/mol. The van der Waals surface area contributed by atoms with E-state index < -0.39 is 0 Å². The molecular formula is C7H12ClNO2. The smallest absolute Gasteiger partial charge is 0.410 e. The molecule has 0 bridgehead atoms. The summed E-state index contributed by atoms with van der Waals surface area (Å²) in [4.78, 5) is 12.7. The molecule has 64 valence electrons. The van der Waals surface area contributed by atoms with Crippen molar-refractivity contribution in [3.63, 3.8) is 0 Å². The highest BCUT2D eigenvalue weighted by molar-refractivity contribution is 6.18. The first-order valence-corrected chi connectivity index (χ1v) is 4.32. The van der Waals surface area contributed by atoms with Gasteiger partial charge in [-0.05, 0) is 6.42 Å². The largest absolute Gasteiger partial charge is 0.447 e. The summed E-state index contributed by atoms with van der Waals surface area (Å²) in [6.07, 6.45) is 0.722. The summed E-state index contributed by atoms with van der Waals surface area (Å²) in [6.45, 7) is 3.22. The first kappa shape index (κ1) is 8.65. The molecule has 0 saturated carbocycles. The van der Waals surface area contributed by atoms with Gasteiger partial charge in [0, 0.05) is 12.4 Å². The van der Waals surface area contributed by atoms with Crippen molar-refractivity contribution in [1.29, 1.82) is 0 Å². The molecule has 1 heterocycles. The van der Waals surface area contributed by atoms with Crippen LogP contribution in [0.2, 0.25) is 0 Å². The zero-order chi connectivity index (χ0) is 8.27. The number of carbonyl (C=O) groups excluding carboxylic acids is 1. The topological polar surface area (TPSA) is 29.5 Å². The van der Waals surface area contributed by atoms with Crippen LogP contribution in [0.25, 0.3) is 0 Å². The van der Waals surface area contributed by atoms with Crippen LogP contribution in [0.3, 0.4) is 0 Å². The Hall–Kier alpha value is -0.440. The number of cyclic esters (lactones) is 1. The molecule has 0 aromatic rings. The van der Waals surface area contributed by atoms with E-state index in [9.17, 15) is 4.79 Å². The van der Waals surface area contributed by atoms with Gasteiger partial charge >= 0.3 is 6.09 Å². The molecule has 1 amide bonds. The molecule has 0 N–H and O–H groups in total. The van der Waals surface area contributed by atoms with E-state index in [2.05, 4.69) is 0 Å². The zero-order valence-electron chi connectivity index (χ0n) is 6.55. The average molecular weight is 178 g/mol. The third kappa shape index (κ3) is 1.77. The van der Waals surface area contributed by atoms with Crippen LogP contribution >= 0.6 is 11.6 Å². The van der Waals surface area contributed by atoms with Gasteiger partial charge in [0.05, 0.1) is 6.04 Å². The Morgan fingerprint density at radius 3 is 3.09 bits per heavy atom. The Morgan fingerprint density at radius 2 is 2.55 bits per heavy atom. The van der Waals surface area contributed by atoms with Crippen molar-refractivity contribution in [1.82, 2.24) is 4.90 Å². The molecule has 0 spiro atoms. The van der Waals surface area contributed by atoms with Gasteiger partial charge in [0.25, 0.3) is 0 Å². The summed E-state index contributed by atoms with van der Waals surface area (Å²) < 4.78 is 4.82. The third-order valence-electron chi connectivity index (χ3n) is 1.72. The minimum Gasteiger partial charge on any atom is -0.447 e. The summed E-state index contributed by atoms with van der Waals surface area (Å²) in [5, 5.41) is 0. The van der Waals surface area contributed by atoms with Crippen LogP contribution in [0.15, 0.2) is 0 Å². The molecule has 0 aromatic carbocycles. The van der Waals surface area contributed by atoms with Crippen LogP contribution in [0.1, 0.15) is 13.3 Å². The third-order valence-corrected chi connectivity index (χ3v) is 2.07. The fourth-order valence-corrected chi connectivity index (χ4v) is 1.39. The first-order valence-electron chi connectivity index (χ1n) is 3.79. The molecule has 3 nitrogen and oxygen atoms in total. The Balaban J connectivity index is 2.49. The Kier molecular flexibility index (Phi) is 3.00. The Bertz CT molecular complexity index is 151. The van der Waals surface area contributed by atoms with Gasteiger partial charge in [0.2, 0.25) is 0 Å². The van der Waals surface area contributed by atoms with Crippen LogP contribution in [-0.4, -0.2) is 36.1 Å². The maximum absolute atomic E-state index is 11.0. The predicted molar refractivity (Wildman–Crippen MR) is 42.9 cm³/mol. The van der Waals surface area contributed by atoms with Gasteiger partial charge in [-0.2, -0.15) is 0 Å². The number of ether oxygens (including phenoxy) is 1. The Labute approximate surface area is 71.3 Å². The number of rotatable bonds is 3. The highest BCUT2D eigenvalue weighted by Gasteiger charge is 2.30. The van der Waals surface area contributed by atoms with E-state index in [1.807, 2.05) is 6.92 Å². The summed E-state index contributed by atoms with van der Waals surface area (Å²) in [5.41, 5.74) is 0. The highest BCUT2D eigenvalue weighted by Crippen LogP contribution is 2.13. The van der Waals surface area contributed by atoms with Crippen LogP contribution < -0.4 is 0 Å². The molecule has 1 atom stereocenters. The fourth-order valence-electron chi connectivity index (χ4n) is 1.13. The number of hydrogen-bond acceptors (Lipinski definition) is 2. The van der Waals surface area contributed by atoms with Crippen LogP contribution in [-0.2, 0) is 4.74 Å². The predicted octanol–water partition coefficient (Wildman–Crippen LogP) is 1.46. The van der Waals surface area contributed by atoms with E-state index >= 15 is 0 Å². The fraction of sp³-hybridized carbons (Fsp3) is 0.857. The van der Waals surface area contributed by atoms with Crippen molar-refractivity contribution in [2.75, 3.05) is 19.0 Å². The lowest BCUT2D eigenvalue weighted by molar-refractivity contribution is 0.158. The van der Waals surface area contributed by atoms with Gasteiger partial charge in [0.1, 0.15) is 6.61 Å². The monoisotopic (exact) mass is 177 g/mol. The van der Waals surface area contributed by atoms with Gasteiger partial charge in [-0.25, -0.2) is 4.79 Å². The molecule has 0 radical (unpaired) electrons. The zero-order valence-corrected chi connectivity index (χ0v) is 7.30. The molecule has 0 aromatic heterocycles. The lowest BCUT2D eigenvalue weighted by Gasteiger charge is -2.17. The molecule has 1 saturated heterocycles. The summed E-state index contributed by atoms with van der Waals surface area (Å²) >= 11 is 5.63. The minimum absolute atomic E-state index is 0.0871. The number of amides is 1. The van der Waals surface area contributed by atoms with Crippen molar-refractivity contribution >= 4 is 17.7 Å². The molecule has 1 fully saturated rings. The summed E-state index contributed by atoms with van der Waals surface area (Å²) in [7, 11) is 0. The van der Waals surface area contributed by atoms with Gasteiger partial charge in [0.15, 0.2) is 0 Å². The lowest BCUT2D eigenvalue weighted by atomic mass is 10.3. The van der Waals surface area contributed by atoms with Crippen molar-refractivity contribution in [2.24, 2.45) is 0 Å². The minimum atomic E-state index is -0.225. The second-order valence-electron chi connectivity index (χ2n) is 2.58. The molecule has 1 unspecified atom stereocenters. The average Bonchev–Trinajstić information content (AvgIpc) is 2.34. The van der Waals surface area contributed by atoms with E-state index in [4.69, 9.17) is 16.3 Å². The summed E-state index contributed by atoms with van der Waals surface area (Å²) in [6, 6.07) is 0.0871. The van der Waals surface area contributed by atoms with Crippen LogP contribution in [0, 0.1) is 0 Å². The molecule has 0 aliphatic carbocycles. The Morgan fingerprint density at radius 1 is 1.82 bits per heavy atom. The maximum atomic E-state index is 11.0. The lowest BCUT2D eigenvalue weighted by Crippen LogP contribution is -2.35. The van der Waals surface area contributed by atoms with E-state index in [0.717, 1.165) is 13.0 Å². The van der Waals surface area contributed by atoms with Crippen LogP contribution in [0.5, 0.6) is 0 Å². The first-order chi connectivity index (χ1) is 5.29. The van der Waals surface area contributed by atoms with E-state index in [-0.39, 0.29) is 12.1 Å². The van der Waals surface area contributed by atoms with Gasteiger partial charge in [-0.15, -0.1) is 11.6 Å². The highest BCUT2D eigenvalue weighted by atomic mass is 35.5. The van der Waals surface area contributed by atoms with E-state index in [1.165, 1.54) is 0 Å². The normalized spacial score (nSPS) is 24.0. The van der Waals surface area contributed by atoms with E-state index in [0.29, 0.717) is 12.5 Å². The quantitative estimate of drug-likeness (QED) is 0.611. The number of alkyl halides is 1.